The zero-order chi connectivity index (χ0) is 15.5. The van der Waals surface area contributed by atoms with Crippen molar-refractivity contribution in [2.75, 3.05) is 31.1 Å². The lowest BCUT2D eigenvalue weighted by Crippen LogP contribution is -2.49. The molecule has 1 saturated heterocycles. The van der Waals surface area contributed by atoms with Gasteiger partial charge in [0.25, 0.3) is 0 Å². The van der Waals surface area contributed by atoms with Gasteiger partial charge in [-0.25, -0.2) is 0 Å². The Bertz CT molecular complexity index is 602. The highest BCUT2D eigenvalue weighted by Crippen LogP contribution is 2.21. The van der Waals surface area contributed by atoms with Crippen LogP contribution >= 0.6 is 15.9 Å². The van der Waals surface area contributed by atoms with E-state index in [0.717, 1.165) is 47.7 Å². The maximum absolute atomic E-state index is 4.42. The number of anilines is 1. The van der Waals surface area contributed by atoms with Crippen LogP contribution in [-0.4, -0.2) is 47.3 Å². The first-order valence-electron chi connectivity index (χ1n) is 7.72. The summed E-state index contributed by atoms with van der Waals surface area (Å²) in [6, 6.07) is 12.9. The number of hydrogen-bond donors (Lipinski definition) is 0. The van der Waals surface area contributed by atoms with Crippen LogP contribution in [0, 0.1) is 0 Å². The van der Waals surface area contributed by atoms with Gasteiger partial charge < -0.3 is 4.90 Å². The van der Waals surface area contributed by atoms with Gasteiger partial charge in [-0.05, 0) is 38.1 Å². The monoisotopic (exact) mass is 360 g/mol. The first-order chi connectivity index (χ1) is 10.6. The predicted molar refractivity (Wildman–Crippen MR) is 94.1 cm³/mol. The quantitative estimate of drug-likeness (QED) is 0.839. The van der Waals surface area contributed by atoms with E-state index in [1.165, 1.54) is 0 Å². The van der Waals surface area contributed by atoms with Crippen LogP contribution in [0.5, 0.6) is 0 Å². The van der Waals surface area contributed by atoms with Crippen LogP contribution in [0.25, 0.3) is 11.3 Å². The average molecular weight is 361 g/mol. The second-order valence-corrected chi connectivity index (χ2v) is 6.82. The smallest absolute Gasteiger partial charge is 0.151 e. The lowest BCUT2D eigenvalue weighted by atomic mass is 10.1. The highest BCUT2D eigenvalue weighted by molar-refractivity contribution is 9.10. The molecule has 3 rings (SSSR count). The predicted octanol–water partition coefficient (Wildman–Crippen LogP) is 3.44. The zero-order valence-electron chi connectivity index (χ0n) is 13.0. The summed E-state index contributed by atoms with van der Waals surface area (Å²) in [5, 5.41) is 8.80. The van der Waals surface area contributed by atoms with E-state index >= 15 is 0 Å². The Morgan fingerprint density at radius 2 is 1.59 bits per heavy atom. The summed E-state index contributed by atoms with van der Waals surface area (Å²) in [5.74, 6) is 0.976. The van der Waals surface area contributed by atoms with Crippen LogP contribution in [0.2, 0.25) is 0 Å². The Kier molecular flexibility index (Phi) is 4.74. The van der Waals surface area contributed by atoms with Crippen molar-refractivity contribution in [2.24, 2.45) is 0 Å². The number of benzene rings is 1. The van der Waals surface area contributed by atoms with Gasteiger partial charge in [0.05, 0.1) is 5.69 Å². The van der Waals surface area contributed by atoms with Crippen molar-refractivity contribution >= 4 is 21.7 Å². The highest BCUT2D eigenvalue weighted by Gasteiger charge is 2.19. The highest BCUT2D eigenvalue weighted by atomic mass is 79.9. The molecule has 0 aliphatic carbocycles. The van der Waals surface area contributed by atoms with Gasteiger partial charge in [0, 0.05) is 42.3 Å². The van der Waals surface area contributed by atoms with Gasteiger partial charge in [-0.3, -0.25) is 4.90 Å². The minimum atomic E-state index is 0.619. The summed E-state index contributed by atoms with van der Waals surface area (Å²) in [7, 11) is 0. The molecule has 1 aliphatic rings. The summed E-state index contributed by atoms with van der Waals surface area (Å²) in [6.45, 7) is 8.72. The number of piperazine rings is 1. The summed E-state index contributed by atoms with van der Waals surface area (Å²) < 4.78 is 1.07. The summed E-state index contributed by atoms with van der Waals surface area (Å²) in [4.78, 5) is 4.82. The van der Waals surface area contributed by atoms with Gasteiger partial charge in [-0.2, -0.15) is 0 Å². The molecule has 5 heteroatoms. The number of nitrogens with zero attached hydrogens (tertiary/aromatic N) is 4. The van der Waals surface area contributed by atoms with Gasteiger partial charge in [0.2, 0.25) is 0 Å². The molecule has 2 aromatic rings. The molecule has 0 atom stereocenters. The molecule has 0 radical (unpaired) electrons. The Labute approximate surface area is 140 Å². The van der Waals surface area contributed by atoms with Crippen molar-refractivity contribution in [1.29, 1.82) is 0 Å². The van der Waals surface area contributed by atoms with Gasteiger partial charge in [0.15, 0.2) is 5.82 Å². The molecule has 4 nitrogen and oxygen atoms in total. The second kappa shape index (κ2) is 6.75. The lowest BCUT2D eigenvalue weighted by Gasteiger charge is -2.37. The van der Waals surface area contributed by atoms with E-state index in [1.807, 2.05) is 12.1 Å². The molecule has 0 unspecified atom stereocenters. The Morgan fingerprint density at radius 1 is 0.909 bits per heavy atom. The fraction of sp³-hybridized carbons (Fsp3) is 0.412. The molecule has 1 aromatic heterocycles. The molecule has 2 heterocycles. The van der Waals surface area contributed by atoms with Crippen molar-refractivity contribution in [3.63, 3.8) is 0 Å². The Hall–Kier alpha value is -1.46. The first kappa shape index (κ1) is 15.4. The van der Waals surface area contributed by atoms with Crippen molar-refractivity contribution in [2.45, 2.75) is 19.9 Å². The van der Waals surface area contributed by atoms with Crippen LogP contribution in [-0.2, 0) is 0 Å². The molecule has 0 amide bonds. The maximum Gasteiger partial charge on any atom is 0.151 e. The molecule has 0 N–H and O–H groups in total. The van der Waals surface area contributed by atoms with E-state index in [1.54, 1.807) is 0 Å². The Balaban J connectivity index is 1.68. The van der Waals surface area contributed by atoms with Crippen molar-refractivity contribution in [3.05, 3.63) is 40.9 Å². The molecule has 116 valence electrons. The zero-order valence-corrected chi connectivity index (χ0v) is 14.6. The van der Waals surface area contributed by atoms with E-state index < -0.39 is 0 Å². The topological polar surface area (TPSA) is 32.3 Å². The molecule has 0 bridgehead atoms. The first-order valence-corrected chi connectivity index (χ1v) is 8.51. The minimum absolute atomic E-state index is 0.619. The number of halogens is 1. The van der Waals surface area contributed by atoms with Crippen LogP contribution < -0.4 is 4.90 Å². The third-order valence-electron chi connectivity index (χ3n) is 4.16. The third kappa shape index (κ3) is 3.47. The van der Waals surface area contributed by atoms with Gasteiger partial charge in [0.1, 0.15) is 0 Å². The average Bonchev–Trinajstić information content (AvgIpc) is 2.56. The summed E-state index contributed by atoms with van der Waals surface area (Å²) in [5.41, 5.74) is 2.00. The largest absolute Gasteiger partial charge is 0.353 e. The fourth-order valence-corrected chi connectivity index (χ4v) is 3.00. The van der Waals surface area contributed by atoms with Gasteiger partial charge >= 0.3 is 0 Å². The van der Waals surface area contributed by atoms with Gasteiger partial charge in [-0.1, -0.05) is 28.1 Å². The molecule has 1 aromatic carbocycles. The summed E-state index contributed by atoms with van der Waals surface area (Å²) in [6.07, 6.45) is 0. The molecule has 1 fully saturated rings. The van der Waals surface area contributed by atoms with Crippen LogP contribution in [0.4, 0.5) is 5.82 Å². The molecule has 1 aliphatic heterocycles. The van der Waals surface area contributed by atoms with Crippen molar-refractivity contribution < 1.29 is 0 Å². The maximum atomic E-state index is 4.42. The van der Waals surface area contributed by atoms with E-state index in [4.69, 9.17) is 0 Å². The molecular weight excluding hydrogens is 340 g/mol. The molecule has 0 spiro atoms. The van der Waals surface area contributed by atoms with Crippen LogP contribution in [0.3, 0.4) is 0 Å². The molecule has 0 saturated carbocycles. The lowest BCUT2D eigenvalue weighted by molar-refractivity contribution is 0.209. The van der Waals surface area contributed by atoms with E-state index in [2.05, 4.69) is 74.0 Å². The normalized spacial score (nSPS) is 16.3. The second-order valence-electron chi connectivity index (χ2n) is 5.90. The van der Waals surface area contributed by atoms with E-state index in [-0.39, 0.29) is 0 Å². The number of hydrogen-bond acceptors (Lipinski definition) is 4. The van der Waals surface area contributed by atoms with Crippen molar-refractivity contribution in [1.82, 2.24) is 15.1 Å². The Morgan fingerprint density at radius 3 is 2.14 bits per heavy atom. The standard InChI is InChI=1S/C17H21BrN4/c1-13(2)21-9-11-22(12-10-21)17-8-7-16(19-20-17)14-3-5-15(18)6-4-14/h3-8,13H,9-12H2,1-2H3. The fourth-order valence-electron chi connectivity index (χ4n) is 2.74. The van der Waals surface area contributed by atoms with Crippen LogP contribution in [0.15, 0.2) is 40.9 Å². The minimum Gasteiger partial charge on any atom is -0.353 e. The van der Waals surface area contributed by atoms with Crippen molar-refractivity contribution in [3.8, 4) is 11.3 Å². The third-order valence-corrected chi connectivity index (χ3v) is 4.69. The number of aromatic nitrogens is 2. The van der Waals surface area contributed by atoms with E-state index in [0.29, 0.717) is 6.04 Å². The van der Waals surface area contributed by atoms with E-state index in [9.17, 15) is 0 Å². The number of rotatable bonds is 3. The van der Waals surface area contributed by atoms with Gasteiger partial charge in [-0.15, -0.1) is 10.2 Å². The SMILES string of the molecule is CC(C)N1CCN(c2ccc(-c3ccc(Br)cc3)nn2)CC1. The summed E-state index contributed by atoms with van der Waals surface area (Å²) >= 11 is 3.45. The van der Waals surface area contributed by atoms with Crippen LogP contribution in [0.1, 0.15) is 13.8 Å². The molecular formula is C17H21BrN4. The molecule has 22 heavy (non-hydrogen) atoms.